The Morgan fingerprint density at radius 1 is 1.11 bits per heavy atom. The first-order valence-corrected chi connectivity index (χ1v) is 7.02. The molecule has 0 spiro atoms. The van der Waals surface area contributed by atoms with E-state index in [1.165, 1.54) is 11.1 Å². The lowest BCUT2D eigenvalue weighted by Crippen LogP contribution is -2.20. The highest BCUT2D eigenvalue weighted by molar-refractivity contribution is 5.47. The van der Waals surface area contributed by atoms with Gasteiger partial charge in [-0.2, -0.15) is 0 Å². The van der Waals surface area contributed by atoms with Gasteiger partial charge in [-0.25, -0.2) is 0 Å². The molecule has 0 atom stereocenters. The van der Waals surface area contributed by atoms with Crippen LogP contribution in [0, 0.1) is 6.92 Å². The summed E-state index contributed by atoms with van der Waals surface area (Å²) in [5, 5.41) is 12.1. The molecule has 1 aliphatic rings. The summed E-state index contributed by atoms with van der Waals surface area (Å²) in [6.45, 7) is 5.57. The van der Waals surface area contributed by atoms with Gasteiger partial charge in [0.1, 0.15) is 13.2 Å². The van der Waals surface area contributed by atoms with Crippen LogP contribution in [0.2, 0.25) is 0 Å². The molecule has 0 saturated heterocycles. The molecule has 0 aromatic heterocycles. The zero-order valence-electron chi connectivity index (χ0n) is 11.6. The van der Waals surface area contributed by atoms with Gasteiger partial charge >= 0.3 is 0 Å². The Bertz CT molecular complexity index is 407. The van der Waals surface area contributed by atoms with E-state index in [0.717, 1.165) is 43.9 Å². The van der Waals surface area contributed by atoms with Gasteiger partial charge in [-0.1, -0.05) is 0 Å². The van der Waals surface area contributed by atoms with Gasteiger partial charge < -0.3 is 19.9 Å². The summed E-state index contributed by atoms with van der Waals surface area (Å²) in [4.78, 5) is 0. The monoisotopic (exact) mass is 265 g/mol. The molecule has 0 fully saturated rings. The summed E-state index contributed by atoms with van der Waals surface area (Å²) in [7, 11) is 0. The van der Waals surface area contributed by atoms with Crippen LogP contribution in [0.25, 0.3) is 0 Å². The van der Waals surface area contributed by atoms with Crippen LogP contribution in [0.4, 0.5) is 0 Å². The quantitative estimate of drug-likeness (QED) is 0.736. The Morgan fingerprint density at radius 3 is 2.58 bits per heavy atom. The summed E-state index contributed by atoms with van der Waals surface area (Å²) in [6, 6.07) is 4.16. The largest absolute Gasteiger partial charge is 0.486 e. The molecule has 2 N–H and O–H groups in total. The predicted octanol–water partition coefficient (Wildman–Crippen LogP) is 1.67. The van der Waals surface area contributed by atoms with E-state index in [1.807, 2.05) is 0 Å². The second-order valence-corrected chi connectivity index (χ2v) is 4.85. The van der Waals surface area contributed by atoms with Crippen LogP contribution in [0.5, 0.6) is 11.5 Å². The maximum atomic E-state index is 8.70. The van der Waals surface area contributed by atoms with Gasteiger partial charge in [0.15, 0.2) is 11.5 Å². The third-order valence-corrected chi connectivity index (χ3v) is 3.33. The summed E-state index contributed by atoms with van der Waals surface area (Å²) in [5.41, 5.74) is 2.56. The molecule has 0 radical (unpaired) electrons. The third-order valence-electron chi connectivity index (χ3n) is 3.33. The van der Waals surface area contributed by atoms with Gasteiger partial charge in [0.05, 0.1) is 0 Å². The second kappa shape index (κ2) is 7.36. The van der Waals surface area contributed by atoms with Gasteiger partial charge in [-0.3, -0.25) is 0 Å². The zero-order chi connectivity index (χ0) is 13.5. The van der Waals surface area contributed by atoms with Crippen molar-refractivity contribution >= 4 is 0 Å². The van der Waals surface area contributed by atoms with Crippen molar-refractivity contribution in [2.75, 3.05) is 32.9 Å². The number of aryl methyl sites for hydroxylation is 1. The fourth-order valence-corrected chi connectivity index (χ4v) is 2.21. The minimum absolute atomic E-state index is 0.281. The van der Waals surface area contributed by atoms with Crippen molar-refractivity contribution in [2.24, 2.45) is 0 Å². The van der Waals surface area contributed by atoms with Crippen molar-refractivity contribution in [2.45, 2.75) is 26.2 Å². The molecule has 1 aliphatic heterocycles. The first-order valence-electron chi connectivity index (χ1n) is 7.02. The molecule has 0 unspecified atom stereocenters. The van der Waals surface area contributed by atoms with E-state index >= 15 is 0 Å². The fraction of sp³-hybridized carbons (Fsp3) is 0.600. The normalized spacial score (nSPS) is 13.6. The average molecular weight is 265 g/mol. The van der Waals surface area contributed by atoms with Gasteiger partial charge in [0.2, 0.25) is 0 Å². The molecular weight excluding hydrogens is 242 g/mol. The summed E-state index contributed by atoms with van der Waals surface area (Å²) in [5.74, 6) is 1.73. The minimum Gasteiger partial charge on any atom is -0.486 e. The molecule has 0 saturated carbocycles. The second-order valence-electron chi connectivity index (χ2n) is 4.85. The minimum atomic E-state index is 0.281. The van der Waals surface area contributed by atoms with E-state index in [1.54, 1.807) is 0 Å². The highest BCUT2D eigenvalue weighted by atomic mass is 16.6. The molecule has 0 bridgehead atoms. The molecule has 19 heavy (non-hydrogen) atoms. The van der Waals surface area contributed by atoms with Gasteiger partial charge in [0, 0.05) is 6.61 Å². The van der Waals surface area contributed by atoms with Crippen molar-refractivity contribution in [3.63, 3.8) is 0 Å². The number of benzene rings is 1. The lowest BCUT2D eigenvalue weighted by atomic mass is 10.0. The number of aliphatic hydroxyl groups is 1. The number of fused-ring (bicyclic) bond motifs is 1. The molecule has 4 nitrogen and oxygen atoms in total. The molecule has 1 heterocycles. The Labute approximate surface area is 114 Å². The SMILES string of the molecule is Cc1cc2c(cc1CCNCCCCO)OCCO2. The van der Waals surface area contributed by atoms with Crippen LogP contribution in [0.1, 0.15) is 24.0 Å². The van der Waals surface area contributed by atoms with E-state index in [-0.39, 0.29) is 6.61 Å². The maximum Gasteiger partial charge on any atom is 0.161 e. The van der Waals surface area contributed by atoms with Crippen molar-refractivity contribution < 1.29 is 14.6 Å². The Kier molecular flexibility index (Phi) is 5.48. The van der Waals surface area contributed by atoms with E-state index in [0.29, 0.717) is 13.2 Å². The smallest absolute Gasteiger partial charge is 0.161 e. The Morgan fingerprint density at radius 2 is 1.84 bits per heavy atom. The average Bonchev–Trinajstić information content (AvgIpc) is 2.43. The lowest BCUT2D eigenvalue weighted by molar-refractivity contribution is 0.171. The van der Waals surface area contributed by atoms with Crippen LogP contribution < -0.4 is 14.8 Å². The molecule has 0 aliphatic carbocycles. The maximum absolute atomic E-state index is 8.70. The van der Waals surface area contributed by atoms with E-state index in [2.05, 4.69) is 24.4 Å². The highest BCUT2D eigenvalue weighted by Crippen LogP contribution is 2.33. The lowest BCUT2D eigenvalue weighted by Gasteiger charge is -2.20. The van der Waals surface area contributed by atoms with E-state index < -0.39 is 0 Å². The standard InChI is InChI=1S/C15H23NO3/c1-12-10-14-15(19-9-8-18-14)11-13(12)4-6-16-5-2-3-7-17/h10-11,16-17H,2-9H2,1H3. The molecule has 0 amide bonds. The molecule has 4 heteroatoms. The zero-order valence-corrected chi connectivity index (χ0v) is 11.6. The first kappa shape index (κ1) is 14.2. The van der Waals surface area contributed by atoms with Gasteiger partial charge in [-0.15, -0.1) is 0 Å². The van der Waals surface area contributed by atoms with Crippen LogP contribution >= 0.6 is 0 Å². The molecule has 1 aromatic carbocycles. The third kappa shape index (κ3) is 4.11. The molecule has 1 aromatic rings. The fourth-order valence-electron chi connectivity index (χ4n) is 2.21. The van der Waals surface area contributed by atoms with E-state index in [4.69, 9.17) is 14.6 Å². The number of aliphatic hydroxyl groups excluding tert-OH is 1. The van der Waals surface area contributed by atoms with Crippen molar-refractivity contribution in [1.82, 2.24) is 5.32 Å². The molecule has 2 rings (SSSR count). The Hall–Kier alpha value is -1.26. The number of hydrogen-bond donors (Lipinski definition) is 2. The van der Waals surface area contributed by atoms with Crippen molar-refractivity contribution in [1.29, 1.82) is 0 Å². The summed E-state index contributed by atoms with van der Waals surface area (Å²) < 4.78 is 11.2. The van der Waals surface area contributed by atoms with Gasteiger partial charge in [-0.05, 0) is 62.5 Å². The number of ether oxygens (including phenoxy) is 2. The number of hydrogen-bond acceptors (Lipinski definition) is 4. The number of rotatable bonds is 7. The van der Waals surface area contributed by atoms with E-state index in [9.17, 15) is 0 Å². The summed E-state index contributed by atoms with van der Waals surface area (Å²) in [6.07, 6.45) is 2.88. The van der Waals surface area contributed by atoms with Crippen LogP contribution in [0.3, 0.4) is 0 Å². The molecule has 106 valence electrons. The van der Waals surface area contributed by atoms with Crippen LogP contribution in [0.15, 0.2) is 12.1 Å². The number of nitrogens with one attached hydrogen (secondary N) is 1. The van der Waals surface area contributed by atoms with Crippen LogP contribution in [-0.2, 0) is 6.42 Å². The number of unbranched alkanes of at least 4 members (excludes halogenated alkanes) is 1. The highest BCUT2D eigenvalue weighted by Gasteiger charge is 2.13. The van der Waals surface area contributed by atoms with Gasteiger partial charge in [0.25, 0.3) is 0 Å². The summed E-state index contributed by atoms with van der Waals surface area (Å²) >= 11 is 0. The van der Waals surface area contributed by atoms with Crippen LogP contribution in [-0.4, -0.2) is 38.0 Å². The first-order chi connectivity index (χ1) is 9.31. The van der Waals surface area contributed by atoms with Crippen molar-refractivity contribution in [3.8, 4) is 11.5 Å². The topological polar surface area (TPSA) is 50.7 Å². The predicted molar refractivity (Wildman–Crippen MR) is 75.1 cm³/mol. The molecular formula is C15H23NO3. The van der Waals surface area contributed by atoms with Crippen molar-refractivity contribution in [3.05, 3.63) is 23.3 Å². The Balaban J connectivity index is 1.83.